The van der Waals surface area contributed by atoms with Crippen LogP contribution < -0.4 is 10.6 Å². The fourth-order valence-electron chi connectivity index (χ4n) is 2.50. The lowest BCUT2D eigenvalue weighted by molar-refractivity contribution is 0.0929. The number of halogens is 2. The number of carbonyl (C=O) groups is 1. The van der Waals surface area contributed by atoms with Crippen molar-refractivity contribution in [2.75, 3.05) is 6.54 Å². The molecule has 4 nitrogen and oxygen atoms in total. The van der Waals surface area contributed by atoms with Gasteiger partial charge in [-0.25, -0.2) is 4.98 Å². The van der Waals surface area contributed by atoms with Gasteiger partial charge in [-0.2, -0.15) is 0 Å². The van der Waals surface area contributed by atoms with E-state index in [9.17, 15) is 4.79 Å². The van der Waals surface area contributed by atoms with E-state index in [0.717, 1.165) is 47.8 Å². The summed E-state index contributed by atoms with van der Waals surface area (Å²) < 4.78 is 0. The molecular formula is C14H25Cl2N3OS. The molecule has 0 aliphatic carbocycles. The third kappa shape index (κ3) is 5.74. The van der Waals surface area contributed by atoms with E-state index in [1.165, 1.54) is 0 Å². The number of nitrogens with one attached hydrogen (secondary N) is 2. The number of amides is 1. The number of aromatic nitrogens is 1. The number of thiazole rings is 1. The van der Waals surface area contributed by atoms with Crippen molar-refractivity contribution in [2.24, 2.45) is 0 Å². The fraction of sp³-hybridized carbons (Fsp3) is 0.714. The van der Waals surface area contributed by atoms with E-state index in [2.05, 4.69) is 29.5 Å². The zero-order valence-electron chi connectivity index (χ0n) is 12.8. The smallest absolute Gasteiger partial charge is 0.263 e. The Morgan fingerprint density at radius 1 is 1.48 bits per heavy atom. The van der Waals surface area contributed by atoms with Gasteiger partial charge in [0.15, 0.2) is 0 Å². The van der Waals surface area contributed by atoms with Crippen LogP contribution in [0.25, 0.3) is 0 Å². The molecule has 2 unspecified atom stereocenters. The largest absolute Gasteiger partial charge is 0.348 e. The van der Waals surface area contributed by atoms with Crippen molar-refractivity contribution < 1.29 is 4.79 Å². The van der Waals surface area contributed by atoms with Gasteiger partial charge in [0.25, 0.3) is 5.91 Å². The highest BCUT2D eigenvalue weighted by atomic mass is 35.5. The number of hydrogen-bond acceptors (Lipinski definition) is 4. The Bertz CT molecular complexity index is 453. The van der Waals surface area contributed by atoms with Crippen LogP contribution in [0.4, 0.5) is 0 Å². The van der Waals surface area contributed by atoms with Crippen molar-refractivity contribution in [2.45, 2.75) is 58.5 Å². The molecule has 2 heterocycles. The van der Waals surface area contributed by atoms with E-state index in [1.54, 1.807) is 11.3 Å². The number of nitrogens with zero attached hydrogens (tertiary/aromatic N) is 1. The summed E-state index contributed by atoms with van der Waals surface area (Å²) in [5.74, 6) is 0.0523. The molecule has 1 amide bonds. The minimum Gasteiger partial charge on any atom is -0.348 e. The van der Waals surface area contributed by atoms with E-state index < -0.39 is 0 Å². The molecule has 1 aliphatic heterocycles. The zero-order chi connectivity index (χ0) is 13.8. The minimum absolute atomic E-state index is 0. The van der Waals surface area contributed by atoms with Crippen molar-refractivity contribution in [1.29, 1.82) is 0 Å². The van der Waals surface area contributed by atoms with E-state index in [0.29, 0.717) is 12.1 Å². The Morgan fingerprint density at radius 3 is 2.81 bits per heavy atom. The molecule has 2 rings (SSSR count). The summed E-state index contributed by atoms with van der Waals surface area (Å²) in [7, 11) is 0. The van der Waals surface area contributed by atoms with Crippen LogP contribution in [0.2, 0.25) is 0 Å². The molecule has 1 aromatic rings. The van der Waals surface area contributed by atoms with Crippen LogP contribution in [-0.2, 0) is 6.42 Å². The van der Waals surface area contributed by atoms with Crippen LogP contribution >= 0.6 is 36.2 Å². The standard InChI is InChI=1S/C14H23N3OS.2ClH/c1-4-5-12-16-10(3)13(19-12)14(18)17-11-6-7-15-9(2)8-11;;/h9,11,15H,4-8H2,1-3H3,(H,17,18);2*1H. The summed E-state index contributed by atoms with van der Waals surface area (Å²) in [5.41, 5.74) is 0.868. The van der Waals surface area contributed by atoms with Crippen molar-refractivity contribution in [3.05, 3.63) is 15.6 Å². The maximum absolute atomic E-state index is 12.3. The Labute approximate surface area is 143 Å². The van der Waals surface area contributed by atoms with Crippen molar-refractivity contribution >= 4 is 42.1 Å². The number of piperidine rings is 1. The van der Waals surface area contributed by atoms with Gasteiger partial charge in [-0.15, -0.1) is 36.2 Å². The Hall–Kier alpha value is -0.360. The SMILES string of the molecule is CCCc1nc(C)c(C(=O)NC2CCNC(C)C2)s1.Cl.Cl. The number of carbonyl (C=O) groups excluding carboxylic acids is 1. The van der Waals surface area contributed by atoms with Crippen LogP contribution in [0, 0.1) is 6.92 Å². The average Bonchev–Trinajstić information content (AvgIpc) is 2.71. The highest BCUT2D eigenvalue weighted by Gasteiger charge is 2.22. The topological polar surface area (TPSA) is 54.0 Å². The van der Waals surface area contributed by atoms with E-state index in [4.69, 9.17) is 0 Å². The molecule has 2 N–H and O–H groups in total. The molecule has 1 saturated heterocycles. The molecule has 0 radical (unpaired) electrons. The van der Waals surface area contributed by atoms with Gasteiger partial charge < -0.3 is 10.6 Å². The van der Waals surface area contributed by atoms with Gasteiger partial charge in [0.2, 0.25) is 0 Å². The summed E-state index contributed by atoms with van der Waals surface area (Å²) in [4.78, 5) is 17.6. The molecular weight excluding hydrogens is 329 g/mol. The number of hydrogen-bond donors (Lipinski definition) is 2. The van der Waals surface area contributed by atoms with Crippen molar-refractivity contribution in [1.82, 2.24) is 15.6 Å². The molecule has 122 valence electrons. The van der Waals surface area contributed by atoms with Gasteiger partial charge in [0, 0.05) is 12.1 Å². The van der Waals surface area contributed by atoms with Gasteiger partial charge in [0.05, 0.1) is 10.7 Å². The van der Waals surface area contributed by atoms with E-state index in [-0.39, 0.29) is 30.7 Å². The second-order valence-corrected chi connectivity index (χ2v) is 6.41. The minimum atomic E-state index is 0. The summed E-state index contributed by atoms with van der Waals surface area (Å²) >= 11 is 1.54. The molecule has 1 aromatic heterocycles. The van der Waals surface area contributed by atoms with Crippen LogP contribution in [0.5, 0.6) is 0 Å². The van der Waals surface area contributed by atoms with Gasteiger partial charge >= 0.3 is 0 Å². The molecule has 0 saturated carbocycles. The van der Waals surface area contributed by atoms with Gasteiger partial charge in [-0.1, -0.05) is 6.92 Å². The first-order valence-corrected chi connectivity index (χ1v) is 7.92. The summed E-state index contributed by atoms with van der Waals surface area (Å²) in [6.07, 6.45) is 4.05. The normalized spacial score (nSPS) is 21.1. The predicted octanol–water partition coefficient (Wildman–Crippen LogP) is 3.12. The van der Waals surface area contributed by atoms with Crippen LogP contribution in [0.1, 0.15) is 53.5 Å². The molecule has 21 heavy (non-hydrogen) atoms. The first-order chi connectivity index (χ1) is 9.10. The lowest BCUT2D eigenvalue weighted by Crippen LogP contribution is -2.46. The quantitative estimate of drug-likeness (QED) is 0.874. The average molecular weight is 354 g/mol. The van der Waals surface area contributed by atoms with Crippen LogP contribution in [-0.4, -0.2) is 29.5 Å². The molecule has 1 fully saturated rings. The zero-order valence-corrected chi connectivity index (χ0v) is 15.2. The maximum Gasteiger partial charge on any atom is 0.263 e. The molecule has 0 aromatic carbocycles. The van der Waals surface area contributed by atoms with E-state index >= 15 is 0 Å². The summed E-state index contributed by atoms with van der Waals surface area (Å²) in [5, 5.41) is 7.62. The molecule has 0 spiro atoms. The van der Waals surface area contributed by atoms with Gasteiger partial charge in [-0.3, -0.25) is 4.79 Å². The van der Waals surface area contributed by atoms with Crippen molar-refractivity contribution in [3.8, 4) is 0 Å². The Kier molecular flexibility index (Phi) is 9.45. The molecule has 0 bridgehead atoms. The first-order valence-electron chi connectivity index (χ1n) is 7.10. The Balaban J connectivity index is 0.00000200. The molecule has 7 heteroatoms. The summed E-state index contributed by atoms with van der Waals surface area (Å²) in [6, 6.07) is 0.775. The van der Waals surface area contributed by atoms with Crippen LogP contribution in [0.15, 0.2) is 0 Å². The van der Waals surface area contributed by atoms with Gasteiger partial charge in [0.1, 0.15) is 4.88 Å². The molecule has 2 atom stereocenters. The Morgan fingerprint density at radius 2 is 2.19 bits per heavy atom. The number of aryl methyl sites for hydroxylation is 2. The fourth-order valence-corrected chi connectivity index (χ4v) is 3.57. The van der Waals surface area contributed by atoms with E-state index in [1.807, 2.05) is 6.92 Å². The van der Waals surface area contributed by atoms with Gasteiger partial charge in [-0.05, 0) is 46.1 Å². The first kappa shape index (κ1) is 20.6. The summed E-state index contributed by atoms with van der Waals surface area (Å²) in [6.45, 7) is 7.20. The van der Waals surface area contributed by atoms with Crippen molar-refractivity contribution in [3.63, 3.8) is 0 Å². The predicted molar refractivity (Wildman–Crippen MR) is 93.3 cm³/mol. The lowest BCUT2D eigenvalue weighted by atomic mass is 10.0. The third-order valence-corrected chi connectivity index (χ3v) is 4.69. The molecule has 1 aliphatic rings. The maximum atomic E-state index is 12.3. The highest BCUT2D eigenvalue weighted by Crippen LogP contribution is 2.20. The second kappa shape index (κ2) is 9.62. The highest BCUT2D eigenvalue weighted by molar-refractivity contribution is 7.13. The monoisotopic (exact) mass is 353 g/mol. The number of rotatable bonds is 4. The lowest BCUT2D eigenvalue weighted by Gasteiger charge is -2.28. The second-order valence-electron chi connectivity index (χ2n) is 5.32. The van der Waals surface area contributed by atoms with Crippen LogP contribution in [0.3, 0.4) is 0 Å². The third-order valence-electron chi connectivity index (χ3n) is 3.47.